The molecule has 0 saturated heterocycles. The van der Waals surface area contributed by atoms with Crippen LogP contribution in [0.2, 0.25) is 0 Å². The van der Waals surface area contributed by atoms with Gasteiger partial charge in [0.2, 0.25) is 0 Å². The van der Waals surface area contributed by atoms with Gasteiger partial charge in [-0.05, 0) is 29.8 Å². The van der Waals surface area contributed by atoms with E-state index in [2.05, 4.69) is 21.2 Å². The molecule has 0 aliphatic heterocycles. The standard InChI is InChI=1S/C13H9BrF3N/c14-9-3-1-2-8(6-9)7-18-11-5-4-10(15)12(16)13(11)17/h1-6,18H,7H2. The van der Waals surface area contributed by atoms with Crippen molar-refractivity contribution in [2.75, 3.05) is 5.32 Å². The fraction of sp³-hybridized carbons (Fsp3) is 0.0769. The zero-order chi connectivity index (χ0) is 13.1. The number of rotatable bonds is 3. The molecular weight excluding hydrogens is 307 g/mol. The lowest BCUT2D eigenvalue weighted by atomic mass is 10.2. The summed E-state index contributed by atoms with van der Waals surface area (Å²) in [6.45, 7) is 0.321. The molecule has 1 N–H and O–H groups in total. The molecule has 2 aromatic carbocycles. The van der Waals surface area contributed by atoms with E-state index in [1.165, 1.54) is 6.07 Å². The van der Waals surface area contributed by atoms with Gasteiger partial charge in [-0.3, -0.25) is 0 Å². The summed E-state index contributed by atoms with van der Waals surface area (Å²) < 4.78 is 40.0. The van der Waals surface area contributed by atoms with Crippen LogP contribution >= 0.6 is 15.9 Å². The molecule has 94 valence electrons. The lowest BCUT2D eigenvalue weighted by Gasteiger charge is -2.08. The van der Waals surface area contributed by atoms with E-state index in [0.717, 1.165) is 16.1 Å². The van der Waals surface area contributed by atoms with E-state index in [4.69, 9.17) is 0 Å². The quantitative estimate of drug-likeness (QED) is 0.823. The molecule has 5 heteroatoms. The van der Waals surface area contributed by atoms with Gasteiger partial charge in [0.15, 0.2) is 17.5 Å². The Kier molecular flexibility index (Phi) is 3.91. The van der Waals surface area contributed by atoms with Gasteiger partial charge in [0.05, 0.1) is 5.69 Å². The Morgan fingerprint density at radius 1 is 1.00 bits per heavy atom. The van der Waals surface area contributed by atoms with E-state index >= 15 is 0 Å². The summed E-state index contributed by atoms with van der Waals surface area (Å²) in [6.07, 6.45) is 0. The predicted octanol–water partition coefficient (Wildman–Crippen LogP) is 4.48. The van der Waals surface area contributed by atoms with Gasteiger partial charge in [-0.25, -0.2) is 13.2 Å². The molecule has 1 nitrogen and oxygen atoms in total. The van der Waals surface area contributed by atoms with Gasteiger partial charge in [-0.1, -0.05) is 28.1 Å². The van der Waals surface area contributed by atoms with Crippen molar-refractivity contribution in [3.05, 3.63) is 63.9 Å². The molecule has 0 atom stereocenters. The Bertz CT molecular complexity index is 572. The summed E-state index contributed by atoms with van der Waals surface area (Å²) in [5.74, 6) is -3.86. The zero-order valence-corrected chi connectivity index (χ0v) is 10.8. The van der Waals surface area contributed by atoms with Crippen LogP contribution in [-0.2, 0) is 6.54 Å². The third-order valence-corrected chi connectivity index (χ3v) is 2.90. The summed E-state index contributed by atoms with van der Waals surface area (Å²) >= 11 is 3.31. The monoisotopic (exact) mass is 315 g/mol. The van der Waals surface area contributed by atoms with Crippen LogP contribution in [0.3, 0.4) is 0 Å². The molecule has 18 heavy (non-hydrogen) atoms. The molecule has 0 saturated carbocycles. The van der Waals surface area contributed by atoms with Gasteiger partial charge in [-0.15, -0.1) is 0 Å². The number of halogens is 4. The molecule has 0 aliphatic carbocycles. The maximum absolute atomic E-state index is 13.4. The first-order valence-corrected chi connectivity index (χ1v) is 5.99. The second kappa shape index (κ2) is 5.44. The van der Waals surface area contributed by atoms with Gasteiger partial charge in [0.1, 0.15) is 0 Å². The third kappa shape index (κ3) is 2.85. The summed E-state index contributed by atoms with van der Waals surface area (Å²) in [5, 5.41) is 2.72. The van der Waals surface area contributed by atoms with E-state index in [1.807, 2.05) is 24.3 Å². The molecule has 0 aliphatic rings. The maximum atomic E-state index is 13.4. The van der Waals surface area contributed by atoms with Crippen LogP contribution in [0.25, 0.3) is 0 Å². The number of hydrogen-bond acceptors (Lipinski definition) is 1. The Labute approximate surface area is 111 Å². The third-order valence-electron chi connectivity index (χ3n) is 2.41. The minimum atomic E-state index is -1.46. The van der Waals surface area contributed by atoms with Gasteiger partial charge in [0, 0.05) is 11.0 Å². The number of hydrogen-bond donors (Lipinski definition) is 1. The van der Waals surface area contributed by atoms with Crippen molar-refractivity contribution in [1.29, 1.82) is 0 Å². The van der Waals surface area contributed by atoms with Crippen molar-refractivity contribution in [1.82, 2.24) is 0 Å². The van der Waals surface area contributed by atoms with Crippen LogP contribution in [0.1, 0.15) is 5.56 Å². The van der Waals surface area contributed by atoms with Crippen LogP contribution in [-0.4, -0.2) is 0 Å². The second-order valence-electron chi connectivity index (χ2n) is 3.71. The highest BCUT2D eigenvalue weighted by Gasteiger charge is 2.12. The van der Waals surface area contributed by atoms with Crippen molar-refractivity contribution in [3.8, 4) is 0 Å². The van der Waals surface area contributed by atoms with Gasteiger partial charge < -0.3 is 5.32 Å². The minimum absolute atomic E-state index is 0.0612. The molecule has 0 aromatic heterocycles. The van der Waals surface area contributed by atoms with E-state index < -0.39 is 17.5 Å². The predicted molar refractivity (Wildman–Crippen MR) is 67.8 cm³/mol. The van der Waals surface area contributed by atoms with Crippen LogP contribution < -0.4 is 5.32 Å². The van der Waals surface area contributed by atoms with Crippen LogP contribution in [0.15, 0.2) is 40.9 Å². The summed E-state index contributed by atoms with van der Waals surface area (Å²) in [5.41, 5.74) is 0.836. The number of nitrogens with one attached hydrogen (secondary N) is 1. The minimum Gasteiger partial charge on any atom is -0.379 e. The Morgan fingerprint density at radius 2 is 1.78 bits per heavy atom. The molecule has 0 radical (unpaired) electrons. The molecule has 0 spiro atoms. The van der Waals surface area contributed by atoms with Crippen molar-refractivity contribution in [2.24, 2.45) is 0 Å². The highest BCUT2D eigenvalue weighted by Crippen LogP contribution is 2.20. The highest BCUT2D eigenvalue weighted by molar-refractivity contribution is 9.10. The Hall–Kier alpha value is -1.49. The smallest absolute Gasteiger partial charge is 0.196 e. The summed E-state index contributed by atoms with van der Waals surface area (Å²) in [7, 11) is 0. The lowest BCUT2D eigenvalue weighted by molar-refractivity contribution is 0.449. The van der Waals surface area contributed by atoms with Crippen molar-refractivity contribution < 1.29 is 13.2 Å². The average molecular weight is 316 g/mol. The fourth-order valence-corrected chi connectivity index (χ4v) is 1.95. The first kappa shape index (κ1) is 13.0. The van der Waals surface area contributed by atoms with Crippen LogP contribution in [0.4, 0.5) is 18.9 Å². The topological polar surface area (TPSA) is 12.0 Å². The zero-order valence-electron chi connectivity index (χ0n) is 9.18. The lowest BCUT2D eigenvalue weighted by Crippen LogP contribution is -2.03. The number of benzene rings is 2. The average Bonchev–Trinajstić information content (AvgIpc) is 2.35. The van der Waals surface area contributed by atoms with E-state index in [-0.39, 0.29) is 5.69 Å². The van der Waals surface area contributed by atoms with E-state index in [0.29, 0.717) is 6.54 Å². The van der Waals surface area contributed by atoms with Crippen molar-refractivity contribution in [3.63, 3.8) is 0 Å². The highest BCUT2D eigenvalue weighted by atomic mass is 79.9. The maximum Gasteiger partial charge on any atom is 0.196 e. The van der Waals surface area contributed by atoms with Gasteiger partial charge in [-0.2, -0.15) is 0 Å². The van der Waals surface area contributed by atoms with E-state index in [9.17, 15) is 13.2 Å². The van der Waals surface area contributed by atoms with Gasteiger partial charge in [0.25, 0.3) is 0 Å². The van der Waals surface area contributed by atoms with Gasteiger partial charge >= 0.3 is 0 Å². The SMILES string of the molecule is Fc1ccc(NCc2cccc(Br)c2)c(F)c1F. The van der Waals surface area contributed by atoms with Crippen LogP contribution in [0.5, 0.6) is 0 Å². The molecule has 0 unspecified atom stereocenters. The van der Waals surface area contributed by atoms with E-state index in [1.54, 1.807) is 0 Å². The summed E-state index contributed by atoms with van der Waals surface area (Å²) in [6, 6.07) is 9.46. The second-order valence-corrected chi connectivity index (χ2v) is 4.62. The molecule has 0 bridgehead atoms. The molecule has 2 aromatic rings. The number of anilines is 1. The van der Waals surface area contributed by atoms with Crippen molar-refractivity contribution in [2.45, 2.75) is 6.54 Å². The molecule has 0 amide bonds. The normalized spacial score (nSPS) is 10.4. The summed E-state index contributed by atoms with van der Waals surface area (Å²) in [4.78, 5) is 0. The Morgan fingerprint density at radius 3 is 2.50 bits per heavy atom. The largest absolute Gasteiger partial charge is 0.379 e. The van der Waals surface area contributed by atoms with Crippen molar-refractivity contribution >= 4 is 21.6 Å². The Balaban J connectivity index is 2.14. The molecule has 2 rings (SSSR count). The molecule has 0 fully saturated rings. The fourth-order valence-electron chi connectivity index (χ4n) is 1.51. The molecular formula is C13H9BrF3N. The first-order valence-electron chi connectivity index (χ1n) is 5.20. The molecule has 0 heterocycles. The first-order chi connectivity index (χ1) is 8.58. The van der Waals surface area contributed by atoms with Crippen LogP contribution in [0, 0.1) is 17.5 Å².